The Bertz CT molecular complexity index is 75.5. The van der Waals surface area contributed by atoms with E-state index in [2.05, 4.69) is 17.1 Å². The molecule has 0 heterocycles. The minimum Gasteiger partial charge on any atom is -0.396 e. The van der Waals surface area contributed by atoms with E-state index in [-0.39, 0.29) is 26.4 Å². The van der Waals surface area contributed by atoms with Gasteiger partial charge in [0.25, 0.3) is 0 Å². The van der Waals surface area contributed by atoms with Crippen LogP contribution in [0.2, 0.25) is 0 Å². The van der Waals surface area contributed by atoms with Gasteiger partial charge in [-0.1, -0.05) is 0 Å². The average Bonchev–Trinajstić information content (AvgIpc) is 2.01. The molecule has 4 nitrogen and oxygen atoms in total. The largest absolute Gasteiger partial charge is 0.396 e. The molecule has 0 saturated carbocycles. The average molecular weight is 168 g/mol. The molecule has 62 valence electrons. The molecule has 0 bridgehead atoms. The van der Waals surface area contributed by atoms with Crippen LogP contribution >= 0.6 is 12.9 Å². The monoisotopic (exact) mass is 168 g/mol. The van der Waals surface area contributed by atoms with Gasteiger partial charge in [-0.3, -0.25) is 0 Å². The molecule has 0 rings (SSSR count). The van der Waals surface area contributed by atoms with Crippen LogP contribution in [-0.4, -0.2) is 41.7 Å². The summed E-state index contributed by atoms with van der Waals surface area (Å²) in [6.45, 7) is -0.929. The van der Waals surface area contributed by atoms with E-state index in [0.717, 1.165) is 0 Å². The van der Waals surface area contributed by atoms with Gasteiger partial charge in [-0.05, 0) is 12.9 Å². The summed E-state index contributed by atoms with van der Waals surface area (Å²) in [6.07, 6.45) is 0. The van der Waals surface area contributed by atoms with Crippen LogP contribution in [0.1, 0.15) is 0 Å². The summed E-state index contributed by atoms with van der Waals surface area (Å²) in [5.41, 5.74) is -0.957. The molecule has 0 saturated heterocycles. The number of aliphatic hydroxyl groups is 3. The highest BCUT2D eigenvalue weighted by molar-refractivity contribution is 7.75. The fourth-order valence-electron chi connectivity index (χ4n) is 0.424. The Hall–Kier alpha value is 0.190. The fraction of sp³-hybridized carbons (Fsp3) is 1.00. The fourth-order valence-corrected chi connectivity index (χ4v) is 0.698. The van der Waals surface area contributed by atoms with Crippen LogP contribution < -0.4 is 0 Å². The molecule has 0 aromatic rings. The van der Waals surface area contributed by atoms with Crippen LogP contribution in [-0.2, 0) is 4.18 Å². The molecule has 10 heavy (non-hydrogen) atoms. The van der Waals surface area contributed by atoms with Crippen molar-refractivity contribution in [1.82, 2.24) is 0 Å². The predicted molar refractivity (Wildman–Crippen MR) is 38.6 cm³/mol. The second kappa shape index (κ2) is 4.92. The number of hydrogen-bond donors (Lipinski definition) is 4. The van der Waals surface area contributed by atoms with Crippen LogP contribution in [0.25, 0.3) is 0 Å². The summed E-state index contributed by atoms with van der Waals surface area (Å²) in [6, 6.07) is 0. The van der Waals surface area contributed by atoms with Gasteiger partial charge in [-0.15, -0.1) is 0 Å². The van der Waals surface area contributed by atoms with Crippen molar-refractivity contribution in [1.29, 1.82) is 0 Å². The molecule has 0 radical (unpaired) electrons. The van der Waals surface area contributed by atoms with Crippen LogP contribution in [0.3, 0.4) is 0 Å². The lowest BCUT2D eigenvalue weighted by Gasteiger charge is -2.25. The Morgan fingerprint density at radius 2 is 1.50 bits per heavy atom. The van der Waals surface area contributed by atoms with E-state index >= 15 is 0 Å². The maximum absolute atomic E-state index is 8.67. The summed E-state index contributed by atoms with van der Waals surface area (Å²) in [5.74, 6) is 0. The van der Waals surface area contributed by atoms with Gasteiger partial charge in [0.2, 0.25) is 0 Å². The zero-order chi connectivity index (χ0) is 8.04. The molecular formula is C5H12O4S. The van der Waals surface area contributed by atoms with Crippen LogP contribution in [0, 0.1) is 5.41 Å². The Labute approximate surface area is 65.1 Å². The van der Waals surface area contributed by atoms with E-state index in [4.69, 9.17) is 15.3 Å². The second-order valence-corrected chi connectivity index (χ2v) is 2.51. The van der Waals surface area contributed by atoms with Gasteiger partial charge in [0, 0.05) is 0 Å². The third kappa shape index (κ3) is 2.43. The normalized spacial score (nSPS) is 12.0. The Kier molecular flexibility index (Phi) is 5.02. The first-order chi connectivity index (χ1) is 4.74. The Morgan fingerprint density at radius 3 is 1.60 bits per heavy atom. The summed E-state index contributed by atoms with van der Waals surface area (Å²) < 4.78 is 4.39. The van der Waals surface area contributed by atoms with Gasteiger partial charge in [0.15, 0.2) is 0 Å². The van der Waals surface area contributed by atoms with Gasteiger partial charge in [-0.25, -0.2) is 0 Å². The minimum atomic E-state index is -0.957. The molecular weight excluding hydrogens is 156 g/mol. The van der Waals surface area contributed by atoms with Gasteiger partial charge in [0.1, 0.15) is 0 Å². The zero-order valence-corrected chi connectivity index (χ0v) is 6.42. The molecule has 0 aromatic carbocycles. The standard InChI is InChI=1S/C5H12O4S/c6-1-5(2-7,3-8)4-9-10/h6-8,10H,1-4H2. The molecule has 0 amide bonds. The first-order valence-corrected chi connectivity index (χ1v) is 3.20. The number of aliphatic hydroxyl groups excluding tert-OH is 3. The predicted octanol–water partition coefficient (Wildman–Crippen LogP) is -1.19. The summed E-state index contributed by atoms with van der Waals surface area (Å²) >= 11 is 3.44. The van der Waals surface area contributed by atoms with E-state index in [1.165, 1.54) is 0 Å². The number of rotatable bonds is 5. The third-order valence-corrected chi connectivity index (χ3v) is 1.51. The van der Waals surface area contributed by atoms with Crippen molar-refractivity contribution in [3.63, 3.8) is 0 Å². The minimum absolute atomic E-state index is 0.0274. The van der Waals surface area contributed by atoms with Crippen molar-refractivity contribution in [3.05, 3.63) is 0 Å². The molecule has 0 unspecified atom stereocenters. The Morgan fingerprint density at radius 1 is 1.10 bits per heavy atom. The van der Waals surface area contributed by atoms with Crippen molar-refractivity contribution in [2.24, 2.45) is 5.41 Å². The second-order valence-electron chi connectivity index (χ2n) is 2.25. The highest BCUT2D eigenvalue weighted by Gasteiger charge is 2.28. The van der Waals surface area contributed by atoms with Crippen LogP contribution in [0.4, 0.5) is 0 Å². The first-order valence-electron chi connectivity index (χ1n) is 2.83. The Balaban J connectivity index is 3.87. The summed E-state index contributed by atoms with van der Waals surface area (Å²) in [5, 5.41) is 26.0. The van der Waals surface area contributed by atoms with Crippen molar-refractivity contribution in [3.8, 4) is 0 Å². The van der Waals surface area contributed by atoms with Gasteiger partial charge in [-0.2, -0.15) is 0 Å². The molecule has 0 spiro atoms. The lowest BCUT2D eigenvalue weighted by Crippen LogP contribution is -2.37. The van der Waals surface area contributed by atoms with E-state index in [1.807, 2.05) is 0 Å². The molecule has 0 aliphatic heterocycles. The van der Waals surface area contributed by atoms with E-state index in [1.54, 1.807) is 0 Å². The van der Waals surface area contributed by atoms with Crippen LogP contribution in [0.5, 0.6) is 0 Å². The molecule has 3 N–H and O–H groups in total. The highest BCUT2D eigenvalue weighted by Crippen LogP contribution is 2.15. The van der Waals surface area contributed by atoms with E-state index in [0.29, 0.717) is 0 Å². The van der Waals surface area contributed by atoms with E-state index < -0.39 is 5.41 Å². The molecule has 0 fully saturated rings. The quantitative estimate of drug-likeness (QED) is 0.308. The SMILES string of the molecule is OCC(CO)(CO)COS. The van der Waals surface area contributed by atoms with Gasteiger partial charge in [0.05, 0.1) is 31.8 Å². The summed E-state index contributed by atoms with van der Waals surface area (Å²) in [7, 11) is 0. The zero-order valence-electron chi connectivity index (χ0n) is 5.53. The van der Waals surface area contributed by atoms with Gasteiger partial charge < -0.3 is 19.5 Å². The molecule has 0 aromatic heterocycles. The number of hydrogen-bond acceptors (Lipinski definition) is 5. The topological polar surface area (TPSA) is 69.9 Å². The maximum Gasteiger partial charge on any atom is 0.0733 e. The first kappa shape index (κ1) is 10.2. The van der Waals surface area contributed by atoms with Crippen molar-refractivity contribution >= 4 is 12.9 Å². The third-order valence-electron chi connectivity index (χ3n) is 1.38. The van der Waals surface area contributed by atoms with Crippen molar-refractivity contribution in [2.45, 2.75) is 0 Å². The smallest absolute Gasteiger partial charge is 0.0733 e. The van der Waals surface area contributed by atoms with Gasteiger partial charge >= 0.3 is 0 Å². The lowest BCUT2D eigenvalue weighted by molar-refractivity contribution is -0.0208. The lowest BCUT2D eigenvalue weighted by atomic mass is 9.93. The van der Waals surface area contributed by atoms with Crippen molar-refractivity contribution < 1.29 is 19.5 Å². The maximum atomic E-state index is 8.67. The van der Waals surface area contributed by atoms with Crippen molar-refractivity contribution in [2.75, 3.05) is 26.4 Å². The number of thiol groups is 1. The molecule has 0 aliphatic carbocycles. The molecule has 0 aliphatic rings. The molecule has 0 atom stereocenters. The van der Waals surface area contributed by atoms with Crippen LogP contribution in [0.15, 0.2) is 0 Å². The summed E-state index contributed by atoms with van der Waals surface area (Å²) in [4.78, 5) is 0. The van der Waals surface area contributed by atoms with E-state index in [9.17, 15) is 0 Å². The highest BCUT2D eigenvalue weighted by atomic mass is 32.1. The molecule has 5 heteroatoms.